The summed E-state index contributed by atoms with van der Waals surface area (Å²) < 4.78 is 11.3. The number of hydrogen-bond acceptors (Lipinski definition) is 5. The summed E-state index contributed by atoms with van der Waals surface area (Å²) in [5.74, 6) is 1.32. The van der Waals surface area contributed by atoms with E-state index in [0.29, 0.717) is 11.6 Å². The highest BCUT2D eigenvalue weighted by atomic mass is 16.5. The van der Waals surface area contributed by atoms with E-state index in [0.717, 1.165) is 53.0 Å². The second kappa shape index (κ2) is 10.8. The maximum Gasteiger partial charge on any atom is 0.222 e. The van der Waals surface area contributed by atoms with Gasteiger partial charge in [-0.15, -0.1) is 0 Å². The lowest BCUT2D eigenvalue weighted by atomic mass is 10.0. The Hall–Kier alpha value is -2.66. The highest BCUT2D eigenvalue weighted by Crippen LogP contribution is 2.29. The van der Waals surface area contributed by atoms with Crippen molar-refractivity contribution >= 4 is 11.6 Å². The van der Waals surface area contributed by atoms with Gasteiger partial charge in [-0.25, -0.2) is 4.99 Å². The fourth-order valence-corrected chi connectivity index (χ4v) is 3.33. The predicted molar refractivity (Wildman–Crippen MR) is 119 cm³/mol. The van der Waals surface area contributed by atoms with Crippen molar-refractivity contribution < 1.29 is 14.6 Å². The summed E-state index contributed by atoms with van der Waals surface area (Å²) in [6, 6.07) is 6.13. The van der Waals surface area contributed by atoms with E-state index in [1.807, 2.05) is 25.3 Å². The molecule has 0 aliphatic rings. The average molecular weight is 397 g/mol. The van der Waals surface area contributed by atoms with Gasteiger partial charge in [0.1, 0.15) is 12.4 Å². The van der Waals surface area contributed by atoms with Gasteiger partial charge in [-0.05, 0) is 61.1 Å². The largest absolute Gasteiger partial charge is 0.491 e. The minimum absolute atomic E-state index is 0.0108. The highest BCUT2D eigenvalue weighted by molar-refractivity contribution is 5.97. The molecule has 0 radical (unpaired) electrons. The lowest BCUT2D eigenvalue weighted by molar-refractivity contribution is 0.199. The van der Waals surface area contributed by atoms with E-state index < -0.39 is 0 Å². The molecule has 0 amide bonds. The number of aromatic nitrogens is 1. The molecule has 1 aromatic carbocycles. The molecule has 1 N–H and O–H groups in total. The molecular formula is C24H32N2O3. The Bertz CT molecular complexity index is 888. The first kappa shape index (κ1) is 22.6. The van der Waals surface area contributed by atoms with Crippen molar-refractivity contribution in [2.45, 2.75) is 47.0 Å². The molecule has 0 saturated heterocycles. The number of aliphatic hydroxyl groups excluding tert-OH is 1. The van der Waals surface area contributed by atoms with Crippen molar-refractivity contribution in [3.05, 3.63) is 64.5 Å². The van der Waals surface area contributed by atoms with Gasteiger partial charge in [0, 0.05) is 17.5 Å². The van der Waals surface area contributed by atoms with Crippen LogP contribution in [-0.2, 0) is 24.0 Å². The molecular weight excluding hydrogens is 364 g/mol. The fraction of sp³-hybridized carbons (Fsp3) is 0.417. The van der Waals surface area contributed by atoms with Crippen molar-refractivity contribution in [1.29, 1.82) is 0 Å². The summed E-state index contributed by atoms with van der Waals surface area (Å²) in [6.07, 6.45) is 4.43. The summed E-state index contributed by atoms with van der Waals surface area (Å²) in [4.78, 5) is 9.22. The van der Waals surface area contributed by atoms with Crippen LogP contribution in [0.25, 0.3) is 5.70 Å². The Morgan fingerprint density at radius 1 is 1.07 bits per heavy atom. The monoisotopic (exact) mass is 396 g/mol. The van der Waals surface area contributed by atoms with Crippen molar-refractivity contribution in [3.8, 4) is 5.75 Å². The van der Waals surface area contributed by atoms with Crippen molar-refractivity contribution in [1.82, 2.24) is 4.98 Å². The second-order valence-electron chi connectivity index (χ2n) is 6.81. The smallest absolute Gasteiger partial charge is 0.222 e. The number of pyridine rings is 1. The molecule has 156 valence electrons. The number of aliphatic hydroxyl groups is 1. The zero-order valence-electron chi connectivity index (χ0n) is 18.2. The first-order valence-corrected chi connectivity index (χ1v) is 10.2. The van der Waals surface area contributed by atoms with Gasteiger partial charge in [0.05, 0.1) is 25.0 Å². The van der Waals surface area contributed by atoms with Crippen molar-refractivity contribution in [2.75, 3.05) is 20.3 Å². The van der Waals surface area contributed by atoms with E-state index in [1.165, 1.54) is 5.56 Å². The summed E-state index contributed by atoms with van der Waals surface area (Å²) in [7, 11) is 1.61. The average Bonchev–Trinajstić information content (AvgIpc) is 2.75. The van der Waals surface area contributed by atoms with Crippen LogP contribution in [0, 0.1) is 6.92 Å². The van der Waals surface area contributed by atoms with E-state index in [9.17, 15) is 0 Å². The van der Waals surface area contributed by atoms with Gasteiger partial charge in [-0.2, -0.15) is 0 Å². The number of benzene rings is 1. The van der Waals surface area contributed by atoms with Crippen LogP contribution in [0.15, 0.2) is 36.0 Å². The SMILES string of the molecule is C=C(N=C(OC)c1cnc(CC)c(CC)c1)c1cc(C)c(OCCO)c(CC)c1. The molecule has 1 aromatic heterocycles. The van der Waals surface area contributed by atoms with Gasteiger partial charge in [0.15, 0.2) is 0 Å². The maximum absolute atomic E-state index is 9.05. The number of hydrogen-bond donors (Lipinski definition) is 1. The van der Waals surface area contributed by atoms with Crippen LogP contribution in [0.2, 0.25) is 0 Å². The van der Waals surface area contributed by atoms with Gasteiger partial charge in [-0.1, -0.05) is 27.4 Å². The molecule has 5 nitrogen and oxygen atoms in total. The molecule has 2 rings (SSSR count). The number of rotatable bonds is 9. The Kier molecular flexibility index (Phi) is 8.40. The highest BCUT2D eigenvalue weighted by Gasteiger charge is 2.13. The van der Waals surface area contributed by atoms with Crippen molar-refractivity contribution in [3.63, 3.8) is 0 Å². The number of methoxy groups -OCH3 is 1. The maximum atomic E-state index is 9.05. The Balaban J connectivity index is 2.40. The fourth-order valence-electron chi connectivity index (χ4n) is 3.33. The van der Waals surface area contributed by atoms with E-state index in [4.69, 9.17) is 14.6 Å². The molecule has 0 spiro atoms. The molecule has 2 aromatic rings. The number of nitrogens with zero attached hydrogens (tertiary/aromatic N) is 2. The van der Waals surface area contributed by atoms with E-state index in [1.54, 1.807) is 7.11 Å². The zero-order chi connectivity index (χ0) is 21.4. The molecule has 29 heavy (non-hydrogen) atoms. The molecule has 0 atom stereocenters. The van der Waals surface area contributed by atoms with Crippen LogP contribution in [0.5, 0.6) is 5.75 Å². The molecule has 0 saturated carbocycles. The molecule has 0 bridgehead atoms. The predicted octanol–water partition coefficient (Wildman–Crippen LogP) is 4.51. The van der Waals surface area contributed by atoms with Crippen LogP contribution >= 0.6 is 0 Å². The summed E-state index contributed by atoms with van der Waals surface area (Å²) in [6.45, 7) is 12.7. The Morgan fingerprint density at radius 3 is 2.34 bits per heavy atom. The molecule has 5 heteroatoms. The minimum Gasteiger partial charge on any atom is -0.491 e. The standard InChI is InChI=1S/C24H32N2O3/c1-7-18-13-21(15-25-22(18)9-3)24(28-6)26-17(5)20-12-16(4)23(29-11-10-27)19(8-2)14-20/h12-15,27H,5,7-11H2,1-4,6H3. The molecule has 1 heterocycles. The molecule has 0 fully saturated rings. The lowest BCUT2D eigenvalue weighted by Gasteiger charge is -2.15. The number of aliphatic imine (C=N–C) groups is 1. The van der Waals surface area contributed by atoms with Gasteiger partial charge in [0.25, 0.3) is 0 Å². The second-order valence-corrected chi connectivity index (χ2v) is 6.81. The van der Waals surface area contributed by atoms with E-state index in [-0.39, 0.29) is 13.2 Å². The third-order valence-electron chi connectivity index (χ3n) is 4.86. The zero-order valence-corrected chi connectivity index (χ0v) is 18.2. The number of aryl methyl sites for hydroxylation is 4. The van der Waals surface area contributed by atoms with Gasteiger partial charge in [-0.3, -0.25) is 4.98 Å². The minimum atomic E-state index is -0.0108. The van der Waals surface area contributed by atoms with Crippen molar-refractivity contribution in [2.24, 2.45) is 4.99 Å². The summed E-state index contributed by atoms with van der Waals surface area (Å²) in [5.41, 5.74) is 6.74. The van der Waals surface area contributed by atoms with Gasteiger partial charge >= 0.3 is 0 Å². The van der Waals surface area contributed by atoms with Crippen LogP contribution in [0.3, 0.4) is 0 Å². The van der Waals surface area contributed by atoms with Gasteiger partial charge < -0.3 is 14.6 Å². The first-order valence-electron chi connectivity index (χ1n) is 10.2. The number of ether oxygens (including phenoxy) is 2. The van der Waals surface area contributed by atoms with Gasteiger partial charge in [0.2, 0.25) is 5.90 Å². The summed E-state index contributed by atoms with van der Waals surface area (Å²) in [5, 5.41) is 9.05. The summed E-state index contributed by atoms with van der Waals surface area (Å²) >= 11 is 0. The van der Waals surface area contributed by atoms with Crippen LogP contribution in [-0.4, -0.2) is 36.3 Å². The Labute approximate surface area is 174 Å². The van der Waals surface area contributed by atoms with Crippen LogP contribution in [0.4, 0.5) is 0 Å². The quantitative estimate of drug-likeness (QED) is 0.500. The van der Waals surface area contributed by atoms with Crippen LogP contribution < -0.4 is 4.74 Å². The molecule has 0 unspecified atom stereocenters. The molecule has 0 aliphatic carbocycles. The van der Waals surface area contributed by atoms with E-state index in [2.05, 4.69) is 43.4 Å². The normalized spacial score (nSPS) is 11.4. The van der Waals surface area contributed by atoms with E-state index >= 15 is 0 Å². The third-order valence-corrected chi connectivity index (χ3v) is 4.86. The first-order chi connectivity index (χ1) is 14.0. The Morgan fingerprint density at radius 2 is 1.76 bits per heavy atom. The third kappa shape index (κ3) is 5.45. The topological polar surface area (TPSA) is 63.9 Å². The molecule has 0 aliphatic heterocycles. The lowest BCUT2D eigenvalue weighted by Crippen LogP contribution is -2.08. The van der Waals surface area contributed by atoms with Crippen LogP contribution in [0.1, 0.15) is 54.3 Å².